The van der Waals surface area contributed by atoms with Gasteiger partial charge in [0, 0.05) is 39.1 Å². The zero-order valence-corrected chi connectivity index (χ0v) is 23.7. The molecule has 0 heterocycles. The predicted molar refractivity (Wildman–Crippen MR) is 139 cm³/mol. The van der Waals surface area contributed by atoms with Crippen LogP contribution in [0.5, 0.6) is 0 Å². The predicted octanol–water partition coefficient (Wildman–Crippen LogP) is 5.98. The van der Waals surface area contributed by atoms with E-state index < -0.39 is 11.4 Å². The molecule has 198 valence electrons. The number of fused-ring (bicyclic) bond motifs is 7. The molecule has 3 saturated carbocycles. The van der Waals surface area contributed by atoms with Crippen molar-refractivity contribution < 1.29 is 23.8 Å². The molecule has 36 heavy (non-hydrogen) atoms. The molecule has 0 unspecified atom stereocenters. The van der Waals surface area contributed by atoms with E-state index in [1.807, 2.05) is 6.92 Å². The maximum atomic E-state index is 13.7. The Balaban J connectivity index is 1.67. The Morgan fingerprint density at radius 1 is 0.833 bits per heavy atom. The largest absolute Gasteiger partial charge is 0.368 e. The minimum absolute atomic E-state index is 0.0171. The van der Waals surface area contributed by atoms with Gasteiger partial charge in [-0.15, -0.1) is 0 Å². The Bertz CT molecular complexity index is 1110. The summed E-state index contributed by atoms with van der Waals surface area (Å²) in [6.45, 7) is 13.7. The molecule has 0 aromatic heterocycles. The molecule has 0 saturated heterocycles. The highest BCUT2D eigenvalue weighted by Gasteiger charge is 2.69. The third-order valence-corrected chi connectivity index (χ3v) is 12.1. The quantitative estimate of drug-likeness (QED) is 0.450. The molecule has 5 aliphatic carbocycles. The van der Waals surface area contributed by atoms with Crippen molar-refractivity contribution in [3.8, 4) is 0 Å². The van der Waals surface area contributed by atoms with Crippen LogP contribution in [0.4, 0.5) is 0 Å². The summed E-state index contributed by atoms with van der Waals surface area (Å²) in [5.74, 6) is -0.646. The summed E-state index contributed by atoms with van der Waals surface area (Å²) >= 11 is 0. The summed E-state index contributed by atoms with van der Waals surface area (Å²) in [6, 6.07) is 0. The highest BCUT2D eigenvalue weighted by Crippen LogP contribution is 2.75. The standard InChI is InChI=1S/C31H44O5/c1-19-16-24-26(2,18-22(19)32)12-14-28(4)23-11-10-20-21(27(23,3)13-15-29(24,28)5)17-25(33)31(35-8,36-9)30(20,6)34-7/h10-11,17,19,24H,12-16,18H2,1-9H3/t19-,24-,26+,27+,28-,29+,30-/m1/s1. The van der Waals surface area contributed by atoms with Crippen molar-refractivity contribution in [3.63, 3.8) is 0 Å². The topological polar surface area (TPSA) is 61.8 Å². The van der Waals surface area contributed by atoms with Gasteiger partial charge in [-0.25, -0.2) is 0 Å². The van der Waals surface area contributed by atoms with Crippen molar-refractivity contribution >= 4 is 11.6 Å². The fourth-order valence-electron chi connectivity index (χ4n) is 9.52. The van der Waals surface area contributed by atoms with E-state index in [-0.39, 0.29) is 33.4 Å². The molecule has 5 aliphatic rings. The number of carbonyl (C=O) groups is 2. The van der Waals surface area contributed by atoms with E-state index in [1.165, 1.54) is 19.8 Å². The summed E-state index contributed by atoms with van der Waals surface area (Å²) in [5.41, 5.74) is 2.24. The maximum Gasteiger partial charge on any atom is 0.266 e. The van der Waals surface area contributed by atoms with Gasteiger partial charge < -0.3 is 14.2 Å². The molecule has 0 aliphatic heterocycles. The molecule has 0 radical (unpaired) electrons. The second-order valence-electron chi connectivity index (χ2n) is 13.4. The van der Waals surface area contributed by atoms with E-state index in [4.69, 9.17) is 14.2 Å². The van der Waals surface area contributed by atoms with Gasteiger partial charge in [-0.3, -0.25) is 9.59 Å². The van der Waals surface area contributed by atoms with Crippen LogP contribution in [-0.2, 0) is 23.8 Å². The van der Waals surface area contributed by atoms with Crippen LogP contribution in [0.3, 0.4) is 0 Å². The zero-order chi connectivity index (χ0) is 26.5. The van der Waals surface area contributed by atoms with Crippen LogP contribution in [0.15, 0.2) is 34.9 Å². The summed E-state index contributed by atoms with van der Waals surface area (Å²) < 4.78 is 17.5. The number of hydrogen-bond acceptors (Lipinski definition) is 5. The van der Waals surface area contributed by atoms with Gasteiger partial charge in [0.15, 0.2) is 5.60 Å². The average molecular weight is 497 g/mol. The van der Waals surface area contributed by atoms with Crippen molar-refractivity contribution in [3.05, 3.63) is 34.9 Å². The molecule has 0 amide bonds. The van der Waals surface area contributed by atoms with Crippen LogP contribution in [0.1, 0.15) is 80.1 Å². The first-order chi connectivity index (χ1) is 16.7. The molecule has 0 spiro atoms. The third-order valence-electron chi connectivity index (χ3n) is 12.1. The molecule has 0 bridgehead atoms. The number of allylic oxidation sites excluding steroid dienone is 3. The van der Waals surface area contributed by atoms with Gasteiger partial charge in [0.05, 0.1) is 0 Å². The molecule has 5 heteroatoms. The Morgan fingerprint density at radius 3 is 2.11 bits per heavy atom. The van der Waals surface area contributed by atoms with Crippen molar-refractivity contribution in [2.24, 2.45) is 33.5 Å². The van der Waals surface area contributed by atoms with Crippen LogP contribution >= 0.6 is 0 Å². The minimum Gasteiger partial charge on any atom is -0.368 e. The van der Waals surface area contributed by atoms with Crippen LogP contribution in [0, 0.1) is 33.5 Å². The Morgan fingerprint density at radius 2 is 1.50 bits per heavy atom. The summed E-state index contributed by atoms with van der Waals surface area (Å²) in [6.07, 6.45) is 12.1. The lowest BCUT2D eigenvalue weighted by atomic mass is 9.35. The molecular formula is C31H44O5. The molecule has 7 atom stereocenters. The van der Waals surface area contributed by atoms with E-state index in [9.17, 15) is 9.59 Å². The molecule has 5 nitrogen and oxygen atoms in total. The summed E-state index contributed by atoms with van der Waals surface area (Å²) in [4.78, 5) is 26.4. The van der Waals surface area contributed by atoms with Crippen molar-refractivity contribution in [1.29, 1.82) is 0 Å². The second-order valence-corrected chi connectivity index (χ2v) is 13.4. The van der Waals surface area contributed by atoms with Gasteiger partial charge in [-0.2, -0.15) is 0 Å². The molecule has 0 aromatic carbocycles. The smallest absolute Gasteiger partial charge is 0.266 e. The zero-order valence-electron chi connectivity index (χ0n) is 23.7. The lowest BCUT2D eigenvalue weighted by molar-refractivity contribution is -0.272. The number of methoxy groups -OCH3 is 3. The van der Waals surface area contributed by atoms with E-state index in [2.05, 4.69) is 46.8 Å². The molecular weight excluding hydrogens is 452 g/mol. The lowest BCUT2D eigenvalue weighted by Gasteiger charge is -2.69. The van der Waals surface area contributed by atoms with Gasteiger partial charge in [0.2, 0.25) is 5.78 Å². The summed E-state index contributed by atoms with van der Waals surface area (Å²) in [7, 11) is 4.63. The first kappa shape index (κ1) is 26.1. The number of rotatable bonds is 3. The van der Waals surface area contributed by atoms with Gasteiger partial charge in [0.25, 0.3) is 5.79 Å². The average Bonchev–Trinajstić information content (AvgIpc) is 2.83. The maximum absolute atomic E-state index is 13.7. The van der Waals surface area contributed by atoms with Crippen molar-refractivity contribution in [2.75, 3.05) is 21.3 Å². The Hall–Kier alpha value is -1.56. The van der Waals surface area contributed by atoms with Crippen molar-refractivity contribution in [1.82, 2.24) is 0 Å². The molecule has 5 rings (SSSR count). The van der Waals surface area contributed by atoms with E-state index in [1.54, 1.807) is 13.2 Å². The normalized spacial score (nSPS) is 47.5. The number of ketones is 2. The highest BCUT2D eigenvalue weighted by atomic mass is 16.7. The van der Waals surface area contributed by atoms with E-state index in [0.717, 1.165) is 43.3 Å². The molecule has 3 fully saturated rings. The molecule has 0 aromatic rings. The number of hydrogen-bond donors (Lipinski definition) is 0. The lowest BCUT2D eigenvalue weighted by Crippen LogP contribution is -2.66. The Kier molecular flexibility index (Phi) is 5.60. The fourth-order valence-corrected chi connectivity index (χ4v) is 9.52. The molecule has 0 N–H and O–H groups in total. The van der Waals surface area contributed by atoms with Gasteiger partial charge in [0.1, 0.15) is 5.78 Å². The number of Topliss-reactive ketones (excluding diaryl/α,β-unsaturated/α-hetero) is 1. The van der Waals surface area contributed by atoms with Gasteiger partial charge in [-0.05, 0) is 78.4 Å². The van der Waals surface area contributed by atoms with Crippen LogP contribution in [-0.4, -0.2) is 44.3 Å². The number of carbonyl (C=O) groups excluding carboxylic acids is 2. The SMILES string of the molecule is COC1(OC)C(=O)C=C2C(=CC=C3[C@@]2(C)CC[C@@]2(C)[C@@H]4C[C@@H](C)C(=O)C[C@]4(C)CC[C@]32C)[C@@]1(C)OC. The van der Waals surface area contributed by atoms with Crippen LogP contribution < -0.4 is 0 Å². The first-order valence-electron chi connectivity index (χ1n) is 13.6. The monoisotopic (exact) mass is 496 g/mol. The summed E-state index contributed by atoms with van der Waals surface area (Å²) in [5, 5.41) is 0. The second kappa shape index (κ2) is 7.74. The fraction of sp³-hybridized carbons (Fsp3) is 0.742. The van der Waals surface area contributed by atoms with Gasteiger partial charge >= 0.3 is 0 Å². The Labute approximate surface area is 216 Å². The number of ether oxygens (including phenoxy) is 3. The van der Waals surface area contributed by atoms with Crippen molar-refractivity contribution in [2.45, 2.75) is 91.5 Å². The van der Waals surface area contributed by atoms with E-state index in [0.29, 0.717) is 18.1 Å². The third kappa shape index (κ3) is 2.78. The minimum atomic E-state index is -1.52. The van der Waals surface area contributed by atoms with Crippen LogP contribution in [0.2, 0.25) is 0 Å². The van der Waals surface area contributed by atoms with Gasteiger partial charge in [-0.1, -0.05) is 52.3 Å². The van der Waals surface area contributed by atoms with E-state index >= 15 is 0 Å². The highest BCUT2D eigenvalue weighted by molar-refractivity contribution is 6.01. The van der Waals surface area contributed by atoms with Crippen LogP contribution in [0.25, 0.3) is 0 Å². The first-order valence-corrected chi connectivity index (χ1v) is 13.6.